The summed E-state index contributed by atoms with van der Waals surface area (Å²) in [6.07, 6.45) is 4.37. The first-order valence-corrected chi connectivity index (χ1v) is 7.07. The molecule has 0 aromatic heterocycles. The quantitative estimate of drug-likeness (QED) is 0.647. The lowest BCUT2D eigenvalue weighted by atomic mass is 9.94. The fourth-order valence-corrected chi connectivity index (χ4v) is 2.33. The molecule has 114 valence electrons. The van der Waals surface area contributed by atoms with Crippen LogP contribution in [0.1, 0.15) is 18.4 Å². The molecule has 1 heterocycles. The van der Waals surface area contributed by atoms with Crippen molar-refractivity contribution in [3.63, 3.8) is 0 Å². The van der Waals surface area contributed by atoms with Crippen LogP contribution in [-0.2, 0) is 9.53 Å². The number of benzene rings is 1. The van der Waals surface area contributed by atoms with Crippen molar-refractivity contribution >= 4 is 17.7 Å². The number of likely N-dealkylation sites (N-methyl/N-ethyl adjacent to an activating group) is 1. The Bertz CT molecular complexity index is 505. The lowest BCUT2D eigenvalue weighted by Crippen LogP contribution is -2.47. The van der Waals surface area contributed by atoms with Gasteiger partial charge in [0.25, 0.3) is 0 Å². The van der Waals surface area contributed by atoms with E-state index in [-0.39, 0.29) is 5.91 Å². The van der Waals surface area contributed by atoms with Gasteiger partial charge in [0, 0.05) is 51.4 Å². The Morgan fingerprint density at radius 3 is 2.62 bits per heavy atom. The minimum Gasteiger partial charge on any atom is -0.399 e. The molecule has 1 amide bonds. The highest BCUT2D eigenvalue weighted by Gasteiger charge is 2.31. The largest absolute Gasteiger partial charge is 0.399 e. The molecule has 1 aromatic carbocycles. The Kier molecular flexibility index (Phi) is 4.98. The van der Waals surface area contributed by atoms with Crippen molar-refractivity contribution in [1.29, 1.82) is 0 Å². The Hall–Kier alpha value is -1.85. The van der Waals surface area contributed by atoms with Gasteiger partial charge in [0.15, 0.2) is 0 Å². The van der Waals surface area contributed by atoms with E-state index in [0.29, 0.717) is 38.3 Å². The lowest BCUT2D eigenvalue weighted by Gasteiger charge is -2.35. The highest BCUT2D eigenvalue weighted by atomic mass is 16.5. The molecule has 0 unspecified atom stereocenters. The van der Waals surface area contributed by atoms with Crippen LogP contribution in [0.3, 0.4) is 0 Å². The molecule has 0 spiro atoms. The van der Waals surface area contributed by atoms with Gasteiger partial charge in [-0.1, -0.05) is 12.1 Å². The Morgan fingerprint density at radius 1 is 1.38 bits per heavy atom. The highest BCUT2D eigenvalue weighted by molar-refractivity contribution is 5.91. The third-order valence-corrected chi connectivity index (χ3v) is 3.69. The van der Waals surface area contributed by atoms with Crippen LogP contribution in [0.5, 0.6) is 0 Å². The monoisotopic (exact) mass is 290 g/mol. The zero-order valence-electron chi connectivity index (χ0n) is 12.3. The van der Waals surface area contributed by atoms with E-state index in [2.05, 4.69) is 0 Å². The summed E-state index contributed by atoms with van der Waals surface area (Å²) in [4.78, 5) is 13.6. The predicted octanol–water partition coefficient (Wildman–Crippen LogP) is 1.28. The molecule has 2 rings (SSSR count). The van der Waals surface area contributed by atoms with Crippen LogP contribution < -0.4 is 5.73 Å². The number of nitrogens with zero attached hydrogens (tertiary/aromatic N) is 1. The second kappa shape index (κ2) is 6.74. The van der Waals surface area contributed by atoms with Crippen LogP contribution in [0.25, 0.3) is 6.08 Å². The van der Waals surface area contributed by atoms with E-state index >= 15 is 0 Å². The topological polar surface area (TPSA) is 75.8 Å². The average Bonchev–Trinajstić information content (AvgIpc) is 2.46. The van der Waals surface area contributed by atoms with Gasteiger partial charge in [-0.2, -0.15) is 0 Å². The molecule has 1 aliphatic rings. The molecule has 5 heteroatoms. The number of carbonyl (C=O) groups is 1. The van der Waals surface area contributed by atoms with Crippen molar-refractivity contribution in [2.45, 2.75) is 18.4 Å². The van der Waals surface area contributed by atoms with Gasteiger partial charge in [-0.05, 0) is 23.8 Å². The molecule has 1 fully saturated rings. The van der Waals surface area contributed by atoms with Crippen LogP contribution in [0.15, 0.2) is 30.3 Å². The molecule has 0 radical (unpaired) electrons. The Labute approximate surface area is 125 Å². The van der Waals surface area contributed by atoms with Crippen LogP contribution >= 0.6 is 0 Å². The summed E-state index contributed by atoms with van der Waals surface area (Å²) in [6.45, 7) is 1.40. The predicted molar refractivity (Wildman–Crippen MR) is 82.5 cm³/mol. The summed E-state index contributed by atoms with van der Waals surface area (Å²) in [6, 6.07) is 7.29. The third kappa shape index (κ3) is 4.58. The molecule has 5 nitrogen and oxygen atoms in total. The summed E-state index contributed by atoms with van der Waals surface area (Å²) in [5, 5.41) is 10.4. The molecule has 3 N–H and O–H groups in total. The van der Waals surface area contributed by atoms with E-state index in [1.54, 1.807) is 30.2 Å². The van der Waals surface area contributed by atoms with Crippen molar-refractivity contribution < 1.29 is 14.6 Å². The van der Waals surface area contributed by atoms with E-state index in [1.807, 2.05) is 12.1 Å². The number of rotatable bonds is 4. The molecule has 0 bridgehead atoms. The fourth-order valence-electron chi connectivity index (χ4n) is 2.33. The molecular formula is C16H22N2O3. The number of amides is 1. The van der Waals surface area contributed by atoms with Gasteiger partial charge >= 0.3 is 0 Å². The Morgan fingerprint density at radius 2 is 2.00 bits per heavy atom. The van der Waals surface area contributed by atoms with Crippen molar-refractivity contribution in [2.24, 2.45) is 0 Å². The maximum Gasteiger partial charge on any atom is 0.246 e. The van der Waals surface area contributed by atoms with Crippen molar-refractivity contribution in [2.75, 3.05) is 32.5 Å². The SMILES string of the molecule is CN(CC1(O)CCOCC1)C(=O)/C=C/c1ccc(N)cc1. The lowest BCUT2D eigenvalue weighted by molar-refractivity contribution is -0.131. The van der Waals surface area contributed by atoms with E-state index < -0.39 is 5.60 Å². The van der Waals surface area contributed by atoms with Crippen LogP contribution in [-0.4, -0.2) is 48.3 Å². The standard InChI is InChI=1S/C16H22N2O3/c1-18(12-16(20)8-10-21-11-9-16)15(19)7-4-13-2-5-14(17)6-3-13/h2-7,20H,8-12,17H2,1H3/b7-4+. The van der Waals surface area contributed by atoms with E-state index in [1.165, 1.54) is 6.08 Å². The van der Waals surface area contributed by atoms with E-state index in [4.69, 9.17) is 10.5 Å². The fraction of sp³-hybridized carbons (Fsp3) is 0.438. The van der Waals surface area contributed by atoms with Gasteiger partial charge in [-0.3, -0.25) is 4.79 Å². The summed E-state index contributed by atoms with van der Waals surface area (Å²) < 4.78 is 5.23. The highest BCUT2D eigenvalue weighted by Crippen LogP contribution is 2.21. The van der Waals surface area contributed by atoms with Crippen molar-refractivity contribution in [3.05, 3.63) is 35.9 Å². The maximum absolute atomic E-state index is 12.1. The number of ether oxygens (including phenoxy) is 1. The normalized spacial score (nSPS) is 17.8. The van der Waals surface area contributed by atoms with Gasteiger partial charge in [0.2, 0.25) is 5.91 Å². The van der Waals surface area contributed by atoms with Crippen molar-refractivity contribution in [1.82, 2.24) is 4.90 Å². The smallest absolute Gasteiger partial charge is 0.246 e. The van der Waals surface area contributed by atoms with Crippen LogP contribution in [0, 0.1) is 0 Å². The second-order valence-corrected chi connectivity index (χ2v) is 5.53. The van der Waals surface area contributed by atoms with Crippen LogP contribution in [0.2, 0.25) is 0 Å². The molecule has 1 aliphatic heterocycles. The number of anilines is 1. The Balaban J connectivity index is 1.91. The summed E-state index contributed by atoms with van der Waals surface area (Å²) in [5.74, 6) is -0.133. The first-order valence-electron chi connectivity index (χ1n) is 7.07. The molecular weight excluding hydrogens is 268 g/mol. The van der Waals surface area contributed by atoms with E-state index in [9.17, 15) is 9.90 Å². The van der Waals surface area contributed by atoms with E-state index in [0.717, 1.165) is 5.56 Å². The van der Waals surface area contributed by atoms with Gasteiger partial charge in [0.1, 0.15) is 0 Å². The molecule has 1 aromatic rings. The maximum atomic E-state index is 12.1. The van der Waals surface area contributed by atoms with Gasteiger partial charge in [-0.25, -0.2) is 0 Å². The van der Waals surface area contributed by atoms with Gasteiger partial charge < -0.3 is 20.5 Å². The third-order valence-electron chi connectivity index (χ3n) is 3.69. The summed E-state index contributed by atoms with van der Waals surface area (Å²) in [7, 11) is 1.70. The molecule has 1 saturated heterocycles. The van der Waals surface area contributed by atoms with Gasteiger partial charge in [-0.15, -0.1) is 0 Å². The number of nitrogen functional groups attached to an aromatic ring is 1. The summed E-state index contributed by atoms with van der Waals surface area (Å²) >= 11 is 0. The minimum absolute atomic E-state index is 0.133. The van der Waals surface area contributed by atoms with Crippen molar-refractivity contribution in [3.8, 4) is 0 Å². The zero-order valence-corrected chi connectivity index (χ0v) is 12.3. The molecule has 0 saturated carbocycles. The van der Waals surface area contributed by atoms with Crippen LogP contribution in [0.4, 0.5) is 5.69 Å². The average molecular weight is 290 g/mol. The molecule has 0 atom stereocenters. The first-order chi connectivity index (χ1) is 9.98. The zero-order chi connectivity index (χ0) is 15.3. The molecule has 0 aliphatic carbocycles. The number of hydrogen-bond acceptors (Lipinski definition) is 4. The minimum atomic E-state index is -0.836. The number of hydrogen-bond donors (Lipinski definition) is 2. The number of aliphatic hydroxyl groups is 1. The number of carbonyl (C=O) groups excluding carboxylic acids is 1. The second-order valence-electron chi connectivity index (χ2n) is 5.53. The number of nitrogens with two attached hydrogens (primary N) is 1. The van der Waals surface area contributed by atoms with Gasteiger partial charge in [0.05, 0.1) is 5.60 Å². The molecule has 21 heavy (non-hydrogen) atoms. The summed E-state index contributed by atoms with van der Waals surface area (Å²) in [5.41, 5.74) is 6.38. The first kappa shape index (κ1) is 15.5.